The third-order valence-electron chi connectivity index (χ3n) is 1.89. The largest absolute Gasteiger partial charge is 0.375 e. The van der Waals surface area contributed by atoms with E-state index in [1.807, 2.05) is 6.92 Å². The topological polar surface area (TPSA) is 42.2 Å². The summed E-state index contributed by atoms with van der Waals surface area (Å²) in [5.41, 5.74) is 5.47. The van der Waals surface area contributed by atoms with Crippen LogP contribution in [0.4, 0.5) is 13.9 Å². The molecule has 0 aromatic carbocycles. The number of anilines is 1. The van der Waals surface area contributed by atoms with E-state index in [-0.39, 0.29) is 19.0 Å². The first-order chi connectivity index (χ1) is 7.11. The molecule has 0 unspecified atom stereocenters. The lowest BCUT2D eigenvalue weighted by Crippen LogP contribution is -2.28. The lowest BCUT2D eigenvalue weighted by atomic mass is 10.3. The minimum absolute atomic E-state index is 0. The number of alkyl halides is 2. The molecule has 1 heterocycles. The highest BCUT2D eigenvalue weighted by Gasteiger charge is 2.12. The molecule has 16 heavy (non-hydrogen) atoms. The van der Waals surface area contributed by atoms with Crippen molar-refractivity contribution in [2.45, 2.75) is 26.3 Å². The summed E-state index contributed by atoms with van der Waals surface area (Å²) in [6.07, 6.45) is 0.219. The SMILES string of the molecule is CCCN(Cc1cnc(N)s1)CC(F)F.Cl. The van der Waals surface area contributed by atoms with Gasteiger partial charge in [0, 0.05) is 17.6 Å². The first-order valence-electron chi connectivity index (χ1n) is 4.82. The van der Waals surface area contributed by atoms with E-state index in [9.17, 15) is 8.78 Å². The molecule has 0 aliphatic heterocycles. The third-order valence-corrected chi connectivity index (χ3v) is 2.70. The monoisotopic (exact) mass is 271 g/mol. The van der Waals surface area contributed by atoms with E-state index in [0.29, 0.717) is 18.2 Å². The summed E-state index contributed by atoms with van der Waals surface area (Å²) in [6, 6.07) is 0. The summed E-state index contributed by atoms with van der Waals surface area (Å²) < 4.78 is 24.5. The zero-order valence-electron chi connectivity index (χ0n) is 9.03. The predicted octanol–water partition coefficient (Wildman–Crippen LogP) is 2.62. The number of halogens is 3. The van der Waals surface area contributed by atoms with Gasteiger partial charge >= 0.3 is 0 Å². The van der Waals surface area contributed by atoms with Gasteiger partial charge in [-0.2, -0.15) is 0 Å². The fourth-order valence-electron chi connectivity index (χ4n) is 1.36. The van der Waals surface area contributed by atoms with Crippen LogP contribution in [0.3, 0.4) is 0 Å². The Morgan fingerprint density at radius 2 is 2.25 bits per heavy atom. The standard InChI is InChI=1S/C9H15F2N3S.ClH/c1-2-3-14(6-8(10)11)5-7-4-13-9(12)15-7;/h4,8H,2-3,5-6H2,1H3,(H2,12,13);1H. The van der Waals surface area contributed by atoms with Crippen molar-refractivity contribution in [2.24, 2.45) is 0 Å². The highest BCUT2D eigenvalue weighted by Crippen LogP contribution is 2.17. The van der Waals surface area contributed by atoms with Crippen molar-refractivity contribution in [3.63, 3.8) is 0 Å². The van der Waals surface area contributed by atoms with Crippen LogP contribution in [0.1, 0.15) is 18.2 Å². The van der Waals surface area contributed by atoms with Crippen molar-refractivity contribution in [2.75, 3.05) is 18.8 Å². The minimum Gasteiger partial charge on any atom is -0.375 e. The molecule has 3 nitrogen and oxygen atoms in total. The van der Waals surface area contributed by atoms with Gasteiger partial charge in [0.05, 0.1) is 6.54 Å². The molecule has 0 atom stereocenters. The molecule has 0 aliphatic rings. The van der Waals surface area contributed by atoms with E-state index in [0.717, 1.165) is 11.3 Å². The molecular formula is C9H16ClF2N3S. The molecule has 0 fully saturated rings. The van der Waals surface area contributed by atoms with Gasteiger partial charge in [-0.1, -0.05) is 6.92 Å². The van der Waals surface area contributed by atoms with Gasteiger partial charge in [0.2, 0.25) is 0 Å². The molecule has 1 aromatic heterocycles. The molecule has 7 heteroatoms. The molecule has 0 saturated heterocycles. The Balaban J connectivity index is 0.00000225. The lowest BCUT2D eigenvalue weighted by Gasteiger charge is -2.19. The normalized spacial score (nSPS) is 10.8. The fraction of sp³-hybridized carbons (Fsp3) is 0.667. The van der Waals surface area contributed by atoms with Gasteiger partial charge in [-0.25, -0.2) is 13.8 Å². The van der Waals surface area contributed by atoms with Gasteiger partial charge in [0.15, 0.2) is 5.13 Å². The number of hydrogen-bond acceptors (Lipinski definition) is 4. The van der Waals surface area contributed by atoms with E-state index in [4.69, 9.17) is 5.73 Å². The minimum atomic E-state index is -2.29. The molecule has 0 saturated carbocycles. The fourth-order valence-corrected chi connectivity index (χ4v) is 2.09. The zero-order valence-corrected chi connectivity index (χ0v) is 10.7. The highest BCUT2D eigenvalue weighted by molar-refractivity contribution is 7.15. The van der Waals surface area contributed by atoms with Crippen LogP contribution in [0.5, 0.6) is 0 Å². The van der Waals surface area contributed by atoms with Gasteiger partial charge in [-0.3, -0.25) is 4.90 Å². The maximum absolute atomic E-state index is 12.2. The molecule has 1 rings (SSSR count). The third kappa shape index (κ3) is 5.58. The summed E-state index contributed by atoms with van der Waals surface area (Å²) in [4.78, 5) is 6.54. The van der Waals surface area contributed by atoms with E-state index >= 15 is 0 Å². The molecule has 2 N–H and O–H groups in total. The van der Waals surface area contributed by atoms with Gasteiger partial charge in [-0.15, -0.1) is 23.7 Å². The molecule has 0 bridgehead atoms. The van der Waals surface area contributed by atoms with Crippen LogP contribution in [0, 0.1) is 0 Å². The summed E-state index contributed by atoms with van der Waals surface area (Å²) >= 11 is 1.35. The second-order valence-corrected chi connectivity index (χ2v) is 4.44. The molecule has 1 aromatic rings. The number of rotatable bonds is 6. The lowest BCUT2D eigenvalue weighted by molar-refractivity contribution is 0.0851. The second kappa shape index (κ2) is 7.76. The van der Waals surface area contributed by atoms with Crippen LogP contribution in [0.25, 0.3) is 0 Å². The van der Waals surface area contributed by atoms with Crippen LogP contribution in [0.15, 0.2) is 6.20 Å². The van der Waals surface area contributed by atoms with Crippen LogP contribution in [-0.4, -0.2) is 29.4 Å². The molecular weight excluding hydrogens is 256 g/mol. The Bertz CT molecular complexity index is 296. The number of aromatic nitrogens is 1. The number of nitrogens with zero attached hydrogens (tertiary/aromatic N) is 2. The van der Waals surface area contributed by atoms with Gasteiger partial charge in [0.25, 0.3) is 6.43 Å². The van der Waals surface area contributed by atoms with Crippen molar-refractivity contribution in [1.82, 2.24) is 9.88 Å². The van der Waals surface area contributed by atoms with Crippen LogP contribution < -0.4 is 5.73 Å². The Hall–Kier alpha value is -0.460. The van der Waals surface area contributed by atoms with E-state index in [2.05, 4.69) is 4.98 Å². The van der Waals surface area contributed by atoms with E-state index in [1.165, 1.54) is 11.3 Å². The van der Waals surface area contributed by atoms with E-state index in [1.54, 1.807) is 11.1 Å². The van der Waals surface area contributed by atoms with Crippen LogP contribution >= 0.6 is 23.7 Å². The van der Waals surface area contributed by atoms with Crippen molar-refractivity contribution in [3.05, 3.63) is 11.1 Å². The number of nitrogen functional groups attached to an aromatic ring is 1. The molecule has 0 aliphatic carbocycles. The quantitative estimate of drug-likeness (QED) is 0.865. The molecule has 94 valence electrons. The summed E-state index contributed by atoms with van der Waals surface area (Å²) in [5.74, 6) is 0. The maximum atomic E-state index is 12.2. The van der Waals surface area contributed by atoms with Crippen molar-refractivity contribution >= 4 is 28.9 Å². The second-order valence-electron chi connectivity index (χ2n) is 3.29. The summed E-state index contributed by atoms with van der Waals surface area (Å²) in [7, 11) is 0. The predicted molar refractivity (Wildman–Crippen MR) is 65.3 cm³/mol. The Kier molecular flexibility index (Phi) is 7.53. The average molecular weight is 272 g/mol. The molecule has 0 radical (unpaired) electrons. The van der Waals surface area contributed by atoms with E-state index < -0.39 is 6.43 Å². The molecule has 0 spiro atoms. The number of hydrogen-bond donors (Lipinski definition) is 1. The van der Waals surface area contributed by atoms with Crippen LogP contribution in [-0.2, 0) is 6.54 Å². The Morgan fingerprint density at radius 1 is 1.56 bits per heavy atom. The van der Waals surface area contributed by atoms with Crippen molar-refractivity contribution < 1.29 is 8.78 Å². The smallest absolute Gasteiger partial charge is 0.251 e. The van der Waals surface area contributed by atoms with Crippen molar-refractivity contribution in [1.29, 1.82) is 0 Å². The first-order valence-corrected chi connectivity index (χ1v) is 5.64. The van der Waals surface area contributed by atoms with Gasteiger partial charge in [0.1, 0.15) is 0 Å². The Labute approximate surface area is 104 Å². The highest BCUT2D eigenvalue weighted by atomic mass is 35.5. The Morgan fingerprint density at radius 3 is 2.69 bits per heavy atom. The zero-order chi connectivity index (χ0) is 11.3. The summed E-state index contributed by atoms with van der Waals surface area (Å²) in [5, 5.41) is 0.485. The van der Waals surface area contributed by atoms with Gasteiger partial charge in [-0.05, 0) is 13.0 Å². The number of nitrogens with two attached hydrogens (primary N) is 1. The maximum Gasteiger partial charge on any atom is 0.251 e. The number of thiazole rings is 1. The first kappa shape index (κ1) is 15.5. The molecule has 0 amide bonds. The van der Waals surface area contributed by atoms with Gasteiger partial charge < -0.3 is 5.73 Å². The summed E-state index contributed by atoms with van der Waals surface area (Å²) in [6.45, 7) is 2.96. The van der Waals surface area contributed by atoms with Crippen LogP contribution in [0.2, 0.25) is 0 Å². The van der Waals surface area contributed by atoms with Crippen molar-refractivity contribution in [3.8, 4) is 0 Å². The average Bonchev–Trinajstić information content (AvgIpc) is 2.50.